The van der Waals surface area contributed by atoms with E-state index < -0.39 is 16.1 Å². The van der Waals surface area contributed by atoms with Gasteiger partial charge in [-0.25, -0.2) is 3.89 Å². The first kappa shape index (κ1) is 23.9. The van der Waals surface area contributed by atoms with Crippen molar-refractivity contribution in [3.8, 4) is 5.75 Å². The van der Waals surface area contributed by atoms with Crippen LogP contribution in [0.5, 0.6) is 5.75 Å². The van der Waals surface area contributed by atoms with Gasteiger partial charge in [-0.1, -0.05) is 66.7 Å². The molecule has 1 aliphatic rings. The van der Waals surface area contributed by atoms with Crippen LogP contribution in [0.4, 0.5) is 0 Å². The lowest BCUT2D eigenvalue weighted by atomic mass is 10.1. The molecule has 0 radical (unpaired) electrons. The molecular weight excluding hydrogens is 452 g/mol. The molecule has 0 aromatic heterocycles. The van der Waals surface area contributed by atoms with Gasteiger partial charge in [0.15, 0.2) is 6.61 Å². The molecule has 1 atom stereocenters. The number of nitrogens with zero attached hydrogens (tertiary/aromatic N) is 2. The molecule has 1 amide bonds. The van der Waals surface area contributed by atoms with Crippen molar-refractivity contribution in [2.45, 2.75) is 11.0 Å². The van der Waals surface area contributed by atoms with Gasteiger partial charge >= 0.3 is 10.0 Å². The average Bonchev–Trinajstić information content (AvgIpc) is 2.89. The van der Waals surface area contributed by atoms with Crippen LogP contribution < -0.4 is 4.74 Å². The SMILES string of the molecule is O=C(COc1ccccc1)N1CC[N+](CC(O)c2ccccc2)(S(=O)(=O)c2ccccc2)CC1. The number of quaternary nitrogens is 1. The van der Waals surface area contributed by atoms with Crippen LogP contribution in [-0.2, 0) is 14.8 Å². The fourth-order valence-corrected chi connectivity index (χ4v) is 6.19. The van der Waals surface area contributed by atoms with Gasteiger partial charge < -0.3 is 14.7 Å². The molecule has 7 nitrogen and oxygen atoms in total. The number of hydrogen-bond donors (Lipinski definition) is 1. The van der Waals surface area contributed by atoms with Crippen molar-refractivity contribution in [3.63, 3.8) is 0 Å². The second-order valence-electron chi connectivity index (χ2n) is 8.39. The number of aliphatic hydroxyl groups excluding tert-OH is 1. The van der Waals surface area contributed by atoms with Crippen LogP contribution in [0.15, 0.2) is 95.9 Å². The van der Waals surface area contributed by atoms with E-state index in [1.54, 1.807) is 59.5 Å². The Kier molecular flexibility index (Phi) is 7.31. The van der Waals surface area contributed by atoms with Gasteiger partial charge in [0.05, 0.1) is 13.1 Å². The number of piperazine rings is 1. The molecule has 3 aromatic rings. The Balaban J connectivity index is 1.52. The highest BCUT2D eigenvalue weighted by molar-refractivity contribution is 7.86. The zero-order valence-electron chi connectivity index (χ0n) is 18.9. The lowest BCUT2D eigenvalue weighted by Crippen LogP contribution is -2.64. The molecule has 1 aliphatic heterocycles. The summed E-state index contributed by atoms with van der Waals surface area (Å²) in [5.74, 6) is 0.415. The van der Waals surface area contributed by atoms with Crippen LogP contribution in [0.3, 0.4) is 0 Å². The molecule has 0 aliphatic carbocycles. The molecule has 4 rings (SSSR count). The van der Waals surface area contributed by atoms with Crippen molar-refractivity contribution in [1.29, 1.82) is 0 Å². The van der Waals surface area contributed by atoms with E-state index in [9.17, 15) is 18.3 Å². The molecular formula is C26H29N2O5S+. The molecule has 0 spiro atoms. The van der Waals surface area contributed by atoms with E-state index in [2.05, 4.69) is 0 Å². The van der Waals surface area contributed by atoms with Crippen molar-refractivity contribution in [1.82, 2.24) is 4.90 Å². The molecule has 1 fully saturated rings. The first-order valence-electron chi connectivity index (χ1n) is 11.3. The number of aliphatic hydroxyl groups is 1. The number of carbonyl (C=O) groups is 1. The third-order valence-corrected chi connectivity index (χ3v) is 8.66. The quantitative estimate of drug-likeness (QED) is 0.500. The van der Waals surface area contributed by atoms with Gasteiger partial charge in [-0.3, -0.25) is 4.79 Å². The predicted molar refractivity (Wildman–Crippen MR) is 128 cm³/mol. The molecule has 8 heteroatoms. The zero-order valence-corrected chi connectivity index (χ0v) is 19.7. The number of amides is 1. The molecule has 178 valence electrons. The number of rotatable bonds is 8. The fraction of sp³-hybridized carbons (Fsp3) is 0.269. The highest BCUT2D eigenvalue weighted by Crippen LogP contribution is 2.30. The van der Waals surface area contributed by atoms with Gasteiger partial charge in [0.25, 0.3) is 5.91 Å². The minimum absolute atomic E-state index is 0.00376. The summed E-state index contributed by atoms with van der Waals surface area (Å²) in [6.45, 7) is 0.761. The lowest BCUT2D eigenvalue weighted by Gasteiger charge is -2.43. The summed E-state index contributed by atoms with van der Waals surface area (Å²) in [7, 11) is -3.82. The van der Waals surface area contributed by atoms with Crippen molar-refractivity contribution in [2.24, 2.45) is 0 Å². The Bertz CT molecular complexity index is 1180. The third kappa shape index (κ3) is 5.14. The average molecular weight is 482 g/mol. The number of hydrogen-bond acceptors (Lipinski definition) is 5. The second kappa shape index (κ2) is 10.4. The van der Waals surface area contributed by atoms with Crippen LogP contribution in [0.25, 0.3) is 0 Å². The van der Waals surface area contributed by atoms with Gasteiger partial charge in [-0.2, -0.15) is 8.42 Å². The number of benzene rings is 3. The Morgan fingerprint density at radius 1 is 0.882 bits per heavy atom. The van der Waals surface area contributed by atoms with E-state index >= 15 is 0 Å². The monoisotopic (exact) mass is 481 g/mol. The van der Waals surface area contributed by atoms with Crippen molar-refractivity contribution in [3.05, 3.63) is 96.6 Å². The van der Waals surface area contributed by atoms with Crippen LogP contribution in [0.2, 0.25) is 0 Å². The van der Waals surface area contributed by atoms with Crippen LogP contribution in [-0.4, -0.2) is 67.6 Å². The Morgan fingerprint density at radius 3 is 2.00 bits per heavy atom. The van der Waals surface area contributed by atoms with Gasteiger partial charge in [-0.15, -0.1) is 0 Å². The predicted octanol–water partition coefficient (Wildman–Crippen LogP) is 2.85. The van der Waals surface area contributed by atoms with Gasteiger partial charge in [0, 0.05) is 0 Å². The summed E-state index contributed by atoms with van der Waals surface area (Å²) in [6, 6.07) is 26.5. The largest absolute Gasteiger partial charge is 0.484 e. The molecule has 0 saturated carbocycles. The number of para-hydroxylation sites is 1. The van der Waals surface area contributed by atoms with Gasteiger partial charge in [-0.05, 0) is 29.8 Å². The molecule has 1 heterocycles. The first-order chi connectivity index (χ1) is 16.4. The molecule has 34 heavy (non-hydrogen) atoms. The fourth-order valence-electron chi connectivity index (χ4n) is 4.26. The van der Waals surface area contributed by atoms with Crippen LogP contribution in [0, 0.1) is 0 Å². The maximum absolute atomic E-state index is 13.8. The van der Waals surface area contributed by atoms with E-state index in [1.807, 2.05) is 36.4 Å². The normalized spacial score (nSPS) is 16.6. The van der Waals surface area contributed by atoms with E-state index in [4.69, 9.17) is 4.74 Å². The highest BCUT2D eigenvalue weighted by Gasteiger charge is 2.47. The standard InChI is InChI=1S/C26H29N2O5S/c29-25(22-10-4-1-5-11-22)20-28(34(31,32)24-14-8-3-9-15-24)18-16-27(17-19-28)26(30)21-33-23-12-6-2-7-13-23/h1-15,25,29H,16-21H2/q+1. The topological polar surface area (TPSA) is 83.9 Å². The van der Waals surface area contributed by atoms with Crippen LogP contribution in [0.1, 0.15) is 11.7 Å². The maximum atomic E-state index is 13.8. The zero-order chi connectivity index (χ0) is 24.0. The minimum atomic E-state index is -3.82. The van der Waals surface area contributed by atoms with E-state index in [-0.39, 0.29) is 54.0 Å². The Morgan fingerprint density at radius 2 is 1.41 bits per heavy atom. The first-order valence-corrected chi connectivity index (χ1v) is 12.7. The highest BCUT2D eigenvalue weighted by atomic mass is 32.2. The Labute approximate surface area is 200 Å². The summed E-state index contributed by atoms with van der Waals surface area (Å²) < 4.78 is 32.8. The summed E-state index contributed by atoms with van der Waals surface area (Å²) >= 11 is 0. The lowest BCUT2D eigenvalue weighted by molar-refractivity contribution is -0.816. The van der Waals surface area contributed by atoms with Crippen LogP contribution >= 0.6 is 0 Å². The Hall–Kier alpha value is -3.20. The van der Waals surface area contributed by atoms with Gasteiger partial charge in [0.2, 0.25) is 0 Å². The minimum Gasteiger partial charge on any atom is -0.484 e. The number of sulfonamides is 1. The van der Waals surface area contributed by atoms with E-state index in [1.165, 1.54) is 0 Å². The molecule has 1 N–H and O–H groups in total. The molecule has 1 saturated heterocycles. The van der Waals surface area contributed by atoms with E-state index in [0.717, 1.165) is 0 Å². The number of carbonyl (C=O) groups excluding carboxylic acids is 1. The molecule has 1 unspecified atom stereocenters. The number of ether oxygens (including phenoxy) is 1. The van der Waals surface area contributed by atoms with Crippen molar-refractivity contribution in [2.75, 3.05) is 39.3 Å². The third-order valence-electron chi connectivity index (χ3n) is 6.25. The summed E-state index contributed by atoms with van der Waals surface area (Å²) in [4.78, 5) is 14.6. The smallest absolute Gasteiger partial charge is 0.327 e. The van der Waals surface area contributed by atoms with Gasteiger partial charge in [0.1, 0.15) is 36.4 Å². The van der Waals surface area contributed by atoms with E-state index in [0.29, 0.717) is 11.3 Å². The second-order valence-corrected chi connectivity index (χ2v) is 10.6. The maximum Gasteiger partial charge on any atom is 0.327 e. The van der Waals surface area contributed by atoms with Crippen molar-refractivity contribution >= 4 is 15.9 Å². The summed E-state index contributed by atoms with van der Waals surface area (Å²) in [5, 5.41) is 11.0. The van der Waals surface area contributed by atoms with Crippen molar-refractivity contribution < 1.29 is 26.9 Å². The molecule has 0 bridgehead atoms. The molecule has 3 aromatic carbocycles. The summed E-state index contributed by atoms with van der Waals surface area (Å²) in [5.41, 5.74) is 0.665. The summed E-state index contributed by atoms with van der Waals surface area (Å²) in [6.07, 6.45) is -0.955.